The molecule has 1 aliphatic heterocycles. The molecule has 1 fully saturated rings. The van der Waals surface area contributed by atoms with Gasteiger partial charge >= 0.3 is 0 Å². The zero-order chi connectivity index (χ0) is 20.9. The van der Waals surface area contributed by atoms with Crippen LogP contribution in [0.15, 0.2) is 54.7 Å². The van der Waals surface area contributed by atoms with Crippen molar-refractivity contribution in [1.29, 1.82) is 0 Å². The number of nitrogens with zero attached hydrogens (tertiary/aromatic N) is 1. The van der Waals surface area contributed by atoms with Crippen molar-refractivity contribution in [3.8, 4) is 5.75 Å². The molecule has 3 N–H and O–H groups in total. The molecule has 2 heterocycles. The number of amides is 2. The molecular weight excluding hydrogens is 380 g/mol. The zero-order valence-corrected chi connectivity index (χ0v) is 17.0. The molecule has 156 valence electrons. The topological polar surface area (TPSA) is 86.5 Å². The van der Waals surface area contributed by atoms with Crippen LogP contribution >= 0.6 is 0 Å². The molecule has 30 heavy (non-hydrogen) atoms. The van der Waals surface area contributed by atoms with Gasteiger partial charge in [-0.1, -0.05) is 30.3 Å². The van der Waals surface area contributed by atoms with Gasteiger partial charge in [-0.15, -0.1) is 0 Å². The molecule has 1 atom stereocenters. The molecule has 2 amide bonds. The lowest BCUT2D eigenvalue weighted by molar-refractivity contribution is -0.126. The van der Waals surface area contributed by atoms with Gasteiger partial charge in [0.15, 0.2) is 0 Å². The van der Waals surface area contributed by atoms with E-state index in [2.05, 4.69) is 21.7 Å². The molecule has 4 rings (SSSR count). The quantitative estimate of drug-likeness (QED) is 0.559. The average molecular weight is 406 g/mol. The number of H-pyrrole nitrogens is 1. The minimum Gasteiger partial charge on any atom is -0.497 e. The van der Waals surface area contributed by atoms with E-state index in [-0.39, 0.29) is 30.8 Å². The number of piperazine rings is 1. The molecule has 0 saturated carbocycles. The summed E-state index contributed by atoms with van der Waals surface area (Å²) >= 11 is 0. The van der Waals surface area contributed by atoms with Crippen molar-refractivity contribution in [2.75, 3.05) is 39.8 Å². The van der Waals surface area contributed by atoms with Gasteiger partial charge in [0.1, 0.15) is 5.75 Å². The first-order chi connectivity index (χ1) is 14.6. The third-order valence-electron chi connectivity index (χ3n) is 5.50. The summed E-state index contributed by atoms with van der Waals surface area (Å²) in [4.78, 5) is 29.3. The minimum atomic E-state index is -0.0805. The van der Waals surface area contributed by atoms with Crippen LogP contribution in [0.1, 0.15) is 17.0 Å². The van der Waals surface area contributed by atoms with E-state index in [0.717, 1.165) is 27.8 Å². The molecule has 7 nitrogen and oxygen atoms in total. The van der Waals surface area contributed by atoms with Crippen LogP contribution in [-0.4, -0.2) is 61.5 Å². The standard InChI is InChI=1S/C23H26N4O3/c1-30-17-8-6-16(7-9-17)19(20-13-25-21-5-3-2-4-18(20)21)12-26-23(29)15-27-11-10-24-22(28)14-27/h2-9,13,19,25H,10-12,14-15H2,1H3,(H,24,28)(H,26,29). The number of para-hydroxylation sites is 1. The Labute approximate surface area is 175 Å². The molecule has 0 bridgehead atoms. The molecule has 1 unspecified atom stereocenters. The van der Waals surface area contributed by atoms with E-state index in [1.54, 1.807) is 7.11 Å². The fourth-order valence-electron chi connectivity index (χ4n) is 3.93. The molecule has 0 aliphatic carbocycles. The summed E-state index contributed by atoms with van der Waals surface area (Å²) in [5.41, 5.74) is 3.29. The fraction of sp³-hybridized carbons (Fsp3) is 0.304. The van der Waals surface area contributed by atoms with E-state index in [4.69, 9.17) is 4.74 Å². The number of methoxy groups -OCH3 is 1. The number of ether oxygens (including phenoxy) is 1. The molecule has 0 radical (unpaired) electrons. The van der Waals surface area contributed by atoms with Gasteiger partial charge in [0.05, 0.1) is 20.2 Å². The van der Waals surface area contributed by atoms with E-state index in [0.29, 0.717) is 19.6 Å². The molecule has 7 heteroatoms. The SMILES string of the molecule is COc1ccc(C(CNC(=O)CN2CCNC(=O)C2)c2c[nH]c3ccccc23)cc1. The lowest BCUT2D eigenvalue weighted by Crippen LogP contribution is -2.50. The van der Waals surface area contributed by atoms with E-state index < -0.39 is 0 Å². The van der Waals surface area contributed by atoms with Crippen molar-refractivity contribution in [3.63, 3.8) is 0 Å². The smallest absolute Gasteiger partial charge is 0.234 e. The number of fused-ring (bicyclic) bond motifs is 1. The van der Waals surface area contributed by atoms with Crippen LogP contribution in [0.3, 0.4) is 0 Å². The highest BCUT2D eigenvalue weighted by atomic mass is 16.5. The molecule has 0 spiro atoms. The number of aromatic nitrogens is 1. The summed E-state index contributed by atoms with van der Waals surface area (Å²) in [6.07, 6.45) is 2.01. The van der Waals surface area contributed by atoms with Crippen LogP contribution in [0.25, 0.3) is 10.9 Å². The van der Waals surface area contributed by atoms with Gasteiger partial charge in [0.2, 0.25) is 11.8 Å². The first-order valence-electron chi connectivity index (χ1n) is 10.1. The third-order valence-corrected chi connectivity index (χ3v) is 5.50. The Bertz CT molecular complexity index is 1030. The number of carbonyl (C=O) groups is 2. The van der Waals surface area contributed by atoms with Crippen molar-refractivity contribution in [1.82, 2.24) is 20.5 Å². The molecular formula is C23H26N4O3. The highest BCUT2D eigenvalue weighted by Gasteiger charge is 2.22. The van der Waals surface area contributed by atoms with Gasteiger partial charge in [-0.25, -0.2) is 0 Å². The summed E-state index contributed by atoms with van der Waals surface area (Å²) < 4.78 is 5.29. The number of hydrogen-bond acceptors (Lipinski definition) is 4. The van der Waals surface area contributed by atoms with Crippen LogP contribution in [-0.2, 0) is 9.59 Å². The normalized spacial score (nSPS) is 15.6. The van der Waals surface area contributed by atoms with Gasteiger partial charge in [-0.05, 0) is 29.3 Å². The van der Waals surface area contributed by atoms with Gasteiger partial charge in [0.25, 0.3) is 0 Å². The van der Waals surface area contributed by atoms with Gasteiger partial charge in [0, 0.05) is 42.7 Å². The lowest BCUT2D eigenvalue weighted by atomic mass is 9.90. The maximum atomic E-state index is 12.6. The van der Waals surface area contributed by atoms with Crippen molar-refractivity contribution >= 4 is 22.7 Å². The predicted octanol–water partition coefficient (Wildman–Crippen LogP) is 1.86. The first kappa shape index (κ1) is 20.0. The molecule has 3 aromatic rings. The molecule has 1 aliphatic rings. The first-order valence-corrected chi connectivity index (χ1v) is 10.1. The highest BCUT2D eigenvalue weighted by molar-refractivity contribution is 5.85. The van der Waals surface area contributed by atoms with Crippen molar-refractivity contribution in [3.05, 3.63) is 65.9 Å². The number of rotatable bonds is 7. The van der Waals surface area contributed by atoms with Crippen molar-refractivity contribution in [2.45, 2.75) is 5.92 Å². The Hall–Kier alpha value is -3.32. The Balaban J connectivity index is 1.53. The minimum absolute atomic E-state index is 0.0133. The van der Waals surface area contributed by atoms with E-state index in [1.165, 1.54) is 0 Å². The largest absolute Gasteiger partial charge is 0.497 e. The van der Waals surface area contributed by atoms with E-state index in [1.807, 2.05) is 53.6 Å². The summed E-state index contributed by atoms with van der Waals surface area (Å²) in [5, 5.41) is 6.98. The van der Waals surface area contributed by atoms with E-state index in [9.17, 15) is 9.59 Å². The summed E-state index contributed by atoms with van der Waals surface area (Å²) in [5.74, 6) is 0.663. The van der Waals surface area contributed by atoms with Crippen molar-refractivity contribution in [2.24, 2.45) is 0 Å². The van der Waals surface area contributed by atoms with Crippen LogP contribution < -0.4 is 15.4 Å². The molecule has 1 saturated heterocycles. The second kappa shape index (κ2) is 9.00. The fourth-order valence-corrected chi connectivity index (χ4v) is 3.93. The number of aromatic amines is 1. The van der Waals surface area contributed by atoms with Gasteiger partial charge in [-0.2, -0.15) is 0 Å². The van der Waals surface area contributed by atoms with Crippen LogP contribution in [0, 0.1) is 0 Å². The predicted molar refractivity (Wildman–Crippen MR) is 116 cm³/mol. The number of benzene rings is 2. The Morgan fingerprint density at radius 2 is 2.00 bits per heavy atom. The van der Waals surface area contributed by atoms with Crippen LogP contribution in [0.5, 0.6) is 5.75 Å². The number of hydrogen-bond donors (Lipinski definition) is 3. The maximum absolute atomic E-state index is 12.6. The monoisotopic (exact) mass is 406 g/mol. The third kappa shape index (κ3) is 4.46. The van der Waals surface area contributed by atoms with Crippen LogP contribution in [0.4, 0.5) is 0 Å². The maximum Gasteiger partial charge on any atom is 0.234 e. The van der Waals surface area contributed by atoms with Gasteiger partial charge < -0.3 is 20.4 Å². The van der Waals surface area contributed by atoms with Crippen molar-refractivity contribution < 1.29 is 14.3 Å². The highest BCUT2D eigenvalue weighted by Crippen LogP contribution is 2.31. The van der Waals surface area contributed by atoms with E-state index >= 15 is 0 Å². The number of carbonyl (C=O) groups excluding carboxylic acids is 2. The zero-order valence-electron chi connectivity index (χ0n) is 17.0. The summed E-state index contributed by atoms with van der Waals surface area (Å²) in [6.45, 7) is 2.21. The number of nitrogens with one attached hydrogen (secondary N) is 3. The second-order valence-corrected chi connectivity index (χ2v) is 7.48. The molecule has 1 aromatic heterocycles. The van der Waals surface area contributed by atoms with Gasteiger partial charge in [-0.3, -0.25) is 14.5 Å². The lowest BCUT2D eigenvalue weighted by Gasteiger charge is -2.26. The summed E-state index contributed by atoms with van der Waals surface area (Å²) in [6, 6.07) is 16.1. The van der Waals surface area contributed by atoms with Crippen LogP contribution in [0.2, 0.25) is 0 Å². The molecule has 2 aromatic carbocycles. The Morgan fingerprint density at radius 3 is 2.77 bits per heavy atom. The Kier molecular flexibility index (Phi) is 5.99. The second-order valence-electron chi connectivity index (χ2n) is 7.48. The Morgan fingerprint density at radius 1 is 1.20 bits per heavy atom. The average Bonchev–Trinajstić information content (AvgIpc) is 3.18. The summed E-state index contributed by atoms with van der Waals surface area (Å²) in [7, 11) is 1.65.